The Morgan fingerprint density at radius 3 is 1.26 bits per heavy atom. The summed E-state index contributed by atoms with van der Waals surface area (Å²) in [5.74, 6) is -4.66. The van der Waals surface area contributed by atoms with Crippen LogP contribution in [0.5, 0.6) is 0 Å². The number of ketones is 3. The van der Waals surface area contributed by atoms with E-state index in [2.05, 4.69) is 0 Å². The van der Waals surface area contributed by atoms with Crippen molar-refractivity contribution in [1.82, 2.24) is 5.32 Å². The second-order valence-corrected chi connectivity index (χ2v) is 14.6. The molecule has 2 N–H and O–H groups in total. The first-order chi connectivity index (χ1) is 28.0. The third kappa shape index (κ3) is 15.4. The van der Waals surface area contributed by atoms with Crippen LogP contribution in [0.1, 0.15) is 76.5 Å². The zero-order valence-electron chi connectivity index (χ0n) is 31.1. The molecular formula is C41H28Cl4F9NO6. The fourth-order valence-corrected chi connectivity index (χ4v) is 6.39. The van der Waals surface area contributed by atoms with E-state index in [1.807, 2.05) is 0 Å². The van der Waals surface area contributed by atoms with Gasteiger partial charge in [0.25, 0.3) is 0 Å². The third-order valence-electron chi connectivity index (χ3n) is 8.13. The number of carbonyl (C=O) groups excluding carboxylic acids is 4. The summed E-state index contributed by atoms with van der Waals surface area (Å²) in [5, 5.41) is 10.5. The van der Waals surface area contributed by atoms with Crippen LogP contribution in [0.15, 0.2) is 84.9 Å². The van der Waals surface area contributed by atoms with Gasteiger partial charge in [-0.25, -0.2) is 4.79 Å². The topological polar surface area (TPSA) is 118 Å². The Kier molecular flexibility index (Phi) is 17.0. The van der Waals surface area contributed by atoms with Crippen LogP contribution in [-0.2, 0) is 4.79 Å². The van der Waals surface area contributed by atoms with Crippen LogP contribution in [0, 0.1) is 13.8 Å². The lowest BCUT2D eigenvalue weighted by Gasteiger charge is -2.13. The highest BCUT2D eigenvalue weighted by Gasteiger charge is 2.37. The van der Waals surface area contributed by atoms with Gasteiger partial charge in [-0.15, -0.1) is 0 Å². The highest BCUT2D eigenvalue weighted by Crippen LogP contribution is 2.38. The Balaban J connectivity index is 0.000000340. The van der Waals surface area contributed by atoms with Gasteiger partial charge in [0.05, 0.1) is 16.7 Å². The molecule has 0 fully saturated rings. The van der Waals surface area contributed by atoms with Gasteiger partial charge in [-0.3, -0.25) is 19.2 Å². The summed E-state index contributed by atoms with van der Waals surface area (Å²) >= 11 is 23.0. The summed E-state index contributed by atoms with van der Waals surface area (Å²) < 4.78 is 117. The largest absolute Gasteiger partial charge is 0.478 e. The number of hydrogen-bond donors (Lipinski definition) is 2. The molecule has 61 heavy (non-hydrogen) atoms. The molecule has 0 bridgehead atoms. The van der Waals surface area contributed by atoms with Crippen LogP contribution in [0.25, 0.3) is 11.1 Å². The second-order valence-electron chi connectivity index (χ2n) is 12.8. The number of aryl methyl sites for hydroxylation is 2. The molecule has 0 radical (unpaired) electrons. The molecule has 0 spiro atoms. The molecule has 4 aromatic rings. The first-order valence-electron chi connectivity index (χ1n) is 17.0. The maximum atomic E-state index is 13.6. The SMILES string of the molecule is Cc1cc(C(=O)/C=C(/c2cc(Cl)cc(Cl)c2)C(F)(F)F)ccc1C(=O)CCC(=O)NCC(F)(F)F.Cc1cc(C(=O)/C=C(/c2cc(Cl)cc(Cl)c2)C(F)(F)F)ccc1C(=O)O. The van der Waals surface area contributed by atoms with E-state index in [1.54, 1.807) is 5.32 Å². The number of carboxylic acid groups (broad SMARTS) is 1. The van der Waals surface area contributed by atoms with E-state index in [0.717, 1.165) is 36.4 Å². The van der Waals surface area contributed by atoms with E-state index in [4.69, 9.17) is 51.5 Å². The molecule has 0 aliphatic heterocycles. The van der Waals surface area contributed by atoms with Crippen LogP contribution in [0.2, 0.25) is 20.1 Å². The van der Waals surface area contributed by atoms with E-state index < -0.39 is 83.9 Å². The minimum absolute atomic E-state index is 0.00301. The van der Waals surface area contributed by atoms with Gasteiger partial charge in [-0.2, -0.15) is 39.5 Å². The summed E-state index contributed by atoms with van der Waals surface area (Å²) in [4.78, 5) is 59.7. The smallest absolute Gasteiger partial charge is 0.417 e. The monoisotopic (exact) mass is 941 g/mol. The number of carbonyl (C=O) groups is 5. The van der Waals surface area contributed by atoms with Crippen molar-refractivity contribution in [3.05, 3.63) is 150 Å². The molecule has 7 nitrogen and oxygen atoms in total. The van der Waals surface area contributed by atoms with Gasteiger partial charge in [-0.05, 0) is 103 Å². The quantitative estimate of drug-likeness (QED) is 0.0830. The molecule has 0 unspecified atom stereocenters. The van der Waals surface area contributed by atoms with E-state index >= 15 is 0 Å². The normalized spacial score (nSPS) is 12.3. The van der Waals surface area contributed by atoms with Crippen molar-refractivity contribution in [2.24, 2.45) is 0 Å². The number of halogens is 13. The van der Waals surface area contributed by atoms with Gasteiger partial charge in [0.1, 0.15) is 6.54 Å². The van der Waals surface area contributed by atoms with Crippen molar-refractivity contribution in [3.8, 4) is 0 Å². The van der Waals surface area contributed by atoms with Gasteiger partial charge in [-0.1, -0.05) is 64.6 Å². The summed E-state index contributed by atoms with van der Waals surface area (Å²) in [7, 11) is 0. The third-order valence-corrected chi connectivity index (χ3v) is 9.00. The maximum Gasteiger partial charge on any atom is 0.417 e. The average molecular weight is 943 g/mol. The summed E-state index contributed by atoms with van der Waals surface area (Å²) in [6.45, 7) is 1.36. The van der Waals surface area contributed by atoms with E-state index in [0.29, 0.717) is 12.2 Å². The molecule has 4 rings (SSSR count). The van der Waals surface area contributed by atoms with Crippen molar-refractivity contribution >= 4 is 86.8 Å². The van der Waals surface area contributed by atoms with E-state index in [9.17, 15) is 63.5 Å². The molecule has 0 aliphatic carbocycles. The predicted octanol–water partition coefficient (Wildman–Crippen LogP) is 12.6. The van der Waals surface area contributed by atoms with Crippen molar-refractivity contribution in [2.75, 3.05) is 6.54 Å². The second kappa shape index (κ2) is 20.6. The molecule has 0 saturated heterocycles. The first-order valence-corrected chi connectivity index (χ1v) is 18.5. The Hall–Kier alpha value is -5.16. The summed E-state index contributed by atoms with van der Waals surface area (Å²) in [5.41, 5.74) is -2.89. The number of amides is 1. The molecule has 0 aromatic heterocycles. The maximum absolute atomic E-state index is 13.6. The average Bonchev–Trinajstić information content (AvgIpc) is 3.11. The van der Waals surface area contributed by atoms with Crippen LogP contribution in [0.3, 0.4) is 0 Å². The Morgan fingerprint density at radius 2 is 0.934 bits per heavy atom. The van der Waals surface area contributed by atoms with Crippen molar-refractivity contribution in [1.29, 1.82) is 0 Å². The fraction of sp³-hybridized carbons (Fsp3) is 0.195. The van der Waals surface area contributed by atoms with Crippen LogP contribution < -0.4 is 5.32 Å². The zero-order valence-corrected chi connectivity index (χ0v) is 34.1. The van der Waals surface area contributed by atoms with Gasteiger partial charge < -0.3 is 10.4 Å². The van der Waals surface area contributed by atoms with E-state index in [1.165, 1.54) is 50.2 Å². The number of aromatic carboxylic acids is 1. The lowest BCUT2D eigenvalue weighted by Crippen LogP contribution is -2.33. The van der Waals surface area contributed by atoms with Gasteiger partial charge >= 0.3 is 24.5 Å². The van der Waals surface area contributed by atoms with Crippen molar-refractivity contribution in [3.63, 3.8) is 0 Å². The summed E-state index contributed by atoms with van der Waals surface area (Å²) in [6, 6.07) is 13.7. The lowest BCUT2D eigenvalue weighted by atomic mass is 9.96. The van der Waals surface area contributed by atoms with E-state index in [-0.39, 0.29) is 59.0 Å². The Bertz CT molecular complexity index is 2380. The van der Waals surface area contributed by atoms with Crippen LogP contribution in [0.4, 0.5) is 39.5 Å². The highest BCUT2D eigenvalue weighted by atomic mass is 35.5. The van der Waals surface area contributed by atoms with Gasteiger partial charge in [0, 0.05) is 49.6 Å². The Morgan fingerprint density at radius 1 is 0.557 bits per heavy atom. The minimum Gasteiger partial charge on any atom is -0.478 e. The molecule has 324 valence electrons. The van der Waals surface area contributed by atoms with Crippen LogP contribution >= 0.6 is 46.4 Å². The minimum atomic E-state index is -4.90. The first kappa shape index (κ1) is 50.2. The highest BCUT2D eigenvalue weighted by molar-refractivity contribution is 6.35. The number of benzene rings is 4. The number of Topliss-reactive ketones (excluding diaryl/α,β-unsaturated/α-hetero) is 1. The molecule has 4 aromatic carbocycles. The molecule has 1 amide bonds. The van der Waals surface area contributed by atoms with Crippen LogP contribution in [-0.4, -0.2) is 59.4 Å². The molecule has 0 aliphatic rings. The number of rotatable bonds is 12. The number of alkyl halides is 9. The number of nitrogens with one attached hydrogen (secondary N) is 1. The van der Waals surface area contributed by atoms with Crippen molar-refractivity contribution in [2.45, 2.75) is 45.2 Å². The predicted molar refractivity (Wildman–Crippen MR) is 212 cm³/mol. The molecule has 0 atom stereocenters. The number of carboxylic acids is 1. The molecular weight excluding hydrogens is 915 g/mol. The standard InChI is InChI=1S/C23H17Cl2F6NO3.C18H11Cl2F3O3/c1-12-6-13(2-3-17(12)19(33)4-5-21(35)32-11-22(26,27)28)20(34)10-18(23(29,30)31)14-7-15(24)9-16(25)8-14;1-9-4-10(2-3-14(9)17(25)26)16(24)8-15(18(21,22)23)11-5-12(19)7-13(20)6-11/h2-3,6-10H,4-5,11H2,1H3,(H,32,35);2-8H,1H3,(H,25,26)/b18-10-;15-8-. The summed E-state index contributed by atoms with van der Waals surface area (Å²) in [6.07, 6.45) is -14.4. The molecule has 0 heterocycles. The van der Waals surface area contributed by atoms with Gasteiger partial charge in [0.15, 0.2) is 17.3 Å². The number of hydrogen-bond acceptors (Lipinski definition) is 5. The fourth-order valence-electron chi connectivity index (χ4n) is 5.34. The Labute approximate surface area is 360 Å². The lowest BCUT2D eigenvalue weighted by molar-refractivity contribution is -0.138. The number of allylic oxidation sites excluding steroid dienone is 4. The van der Waals surface area contributed by atoms with Gasteiger partial charge in [0.2, 0.25) is 5.91 Å². The van der Waals surface area contributed by atoms with Crippen molar-refractivity contribution < 1.29 is 68.6 Å². The zero-order chi connectivity index (χ0) is 46.2. The molecule has 20 heteroatoms. The molecule has 0 saturated carbocycles.